The lowest BCUT2D eigenvalue weighted by Crippen LogP contribution is -2.37. The number of piperidine rings is 1. The van der Waals surface area contributed by atoms with Crippen LogP contribution < -0.4 is 4.90 Å². The van der Waals surface area contributed by atoms with Crippen molar-refractivity contribution < 1.29 is 32.2 Å². The van der Waals surface area contributed by atoms with E-state index in [1.165, 1.54) is 18.2 Å². The van der Waals surface area contributed by atoms with Crippen LogP contribution in [0.5, 0.6) is 0 Å². The lowest BCUT2D eigenvalue weighted by Gasteiger charge is -2.33. The molecule has 1 aromatic heterocycles. The molecule has 1 fully saturated rings. The molecule has 1 aliphatic heterocycles. The number of rotatable bonds is 5. The molecule has 0 N–H and O–H groups in total. The predicted molar refractivity (Wildman–Crippen MR) is 104 cm³/mol. The first-order chi connectivity index (χ1) is 14.2. The molecule has 2 aromatic rings. The summed E-state index contributed by atoms with van der Waals surface area (Å²) in [6, 6.07) is 5.31. The molecule has 1 saturated heterocycles. The smallest absolute Gasteiger partial charge is 0.433 e. The summed E-state index contributed by atoms with van der Waals surface area (Å²) in [5, 5.41) is 0.433. The number of esters is 2. The fourth-order valence-corrected chi connectivity index (χ4v) is 3.57. The summed E-state index contributed by atoms with van der Waals surface area (Å²) in [6.45, 7) is 4.67. The largest absolute Gasteiger partial charge is 0.466 e. The van der Waals surface area contributed by atoms with Gasteiger partial charge in [0, 0.05) is 24.2 Å². The lowest BCUT2D eigenvalue weighted by atomic mass is 9.96. The molecule has 6 nitrogen and oxygen atoms in total. The summed E-state index contributed by atoms with van der Waals surface area (Å²) in [6.07, 6.45) is -3.66. The SMILES string of the molecule is CCOC(=O)c1ccc2nc(C(F)(F)F)cc(N3CCC(C(=O)OCC)CC3)c2c1. The molecule has 0 aliphatic carbocycles. The summed E-state index contributed by atoms with van der Waals surface area (Å²) in [5.41, 5.74) is -0.281. The Hall–Kier alpha value is -2.84. The number of benzene rings is 1. The zero-order chi connectivity index (χ0) is 21.9. The molecule has 0 bridgehead atoms. The maximum Gasteiger partial charge on any atom is 0.433 e. The van der Waals surface area contributed by atoms with Crippen molar-refractivity contribution in [1.29, 1.82) is 0 Å². The fourth-order valence-electron chi connectivity index (χ4n) is 3.57. The van der Waals surface area contributed by atoms with Gasteiger partial charge in [-0.3, -0.25) is 4.79 Å². The van der Waals surface area contributed by atoms with Crippen molar-refractivity contribution in [3.8, 4) is 0 Å². The molecule has 0 unspecified atom stereocenters. The van der Waals surface area contributed by atoms with Crippen LogP contribution in [0.15, 0.2) is 24.3 Å². The van der Waals surface area contributed by atoms with Crippen LogP contribution >= 0.6 is 0 Å². The Morgan fingerprint density at radius 2 is 1.77 bits per heavy atom. The molecule has 1 aromatic carbocycles. The molecule has 0 saturated carbocycles. The molecule has 30 heavy (non-hydrogen) atoms. The van der Waals surface area contributed by atoms with Crippen LogP contribution in [0, 0.1) is 5.92 Å². The summed E-state index contributed by atoms with van der Waals surface area (Å²) in [4.78, 5) is 29.6. The monoisotopic (exact) mass is 424 g/mol. The fraction of sp³-hybridized carbons (Fsp3) is 0.476. The topological polar surface area (TPSA) is 68.7 Å². The van der Waals surface area contributed by atoms with Gasteiger partial charge in [-0.15, -0.1) is 0 Å². The Kier molecular flexibility index (Phi) is 6.48. The Bertz CT molecular complexity index is 938. The van der Waals surface area contributed by atoms with E-state index in [9.17, 15) is 22.8 Å². The van der Waals surface area contributed by atoms with E-state index in [-0.39, 0.29) is 29.6 Å². The lowest BCUT2D eigenvalue weighted by molar-refractivity contribution is -0.148. The number of hydrogen-bond acceptors (Lipinski definition) is 6. The third-order valence-electron chi connectivity index (χ3n) is 5.04. The zero-order valence-corrected chi connectivity index (χ0v) is 16.8. The van der Waals surface area contributed by atoms with Gasteiger partial charge < -0.3 is 14.4 Å². The summed E-state index contributed by atoms with van der Waals surface area (Å²) < 4.78 is 50.3. The maximum absolute atomic E-state index is 13.4. The first kappa shape index (κ1) is 21.9. The number of nitrogens with zero attached hydrogens (tertiary/aromatic N) is 2. The molecule has 1 aliphatic rings. The highest BCUT2D eigenvalue weighted by Gasteiger charge is 2.35. The minimum Gasteiger partial charge on any atom is -0.466 e. The summed E-state index contributed by atoms with van der Waals surface area (Å²) in [5.74, 6) is -1.10. The quantitative estimate of drug-likeness (QED) is 0.670. The van der Waals surface area contributed by atoms with E-state index < -0.39 is 17.8 Å². The van der Waals surface area contributed by atoms with Gasteiger partial charge in [-0.05, 0) is 51.0 Å². The average molecular weight is 424 g/mol. The second-order valence-corrected chi connectivity index (χ2v) is 6.99. The van der Waals surface area contributed by atoms with Crippen LogP contribution in [0.25, 0.3) is 10.9 Å². The van der Waals surface area contributed by atoms with Crippen molar-refractivity contribution in [1.82, 2.24) is 4.98 Å². The minimum atomic E-state index is -4.61. The van der Waals surface area contributed by atoms with Crippen molar-refractivity contribution >= 4 is 28.5 Å². The minimum absolute atomic E-state index is 0.139. The number of carbonyl (C=O) groups excluding carboxylic acids is 2. The molecule has 0 atom stereocenters. The number of hydrogen-bond donors (Lipinski definition) is 0. The number of anilines is 1. The van der Waals surface area contributed by atoms with E-state index in [0.717, 1.165) is 6.07 Å². The standard InChI is InChI=1S/C21H23F3N2O4/c1-3-29-19(27)13-7-9-26(10-8-13)17-12-18(21(22,23)24)25-16-6-5-14(11-15(16)17)20(28)30-4-2/h5-6,11-13H,3-4,7-10H2,1-2H3. The van der Waals surface area contributed by atoms with Gasteiger partial charge in [0.05, 0.1) is 30.2 Å². The van der Waals surface area contributed by atoms with Crippen LogP contribution in [0.2, 0.25) is 0 Å². The number of aromatic nitrogens is 1. The number of halogens is 3. The Balaban J connectivity index is 1.99. The van der Waals surface area contributed by atoms with Gasteiger partial charge in [0.1, 0.15) is 5.69 Å². The van der Waals surface area contributed by atoms with Crippen molar-refractivity contribution in [2.75, 3.05) is 31.2 Å². The molecule has 3 rings (SSSR count). The molecular weight excluding hydrogens is 401 g/mol. The Morgan fingerprint density at radius 1 is 1.10 bits per heavy atom. The summed E-state index contributed by atoms with van der Waals surface area (Å²) in [7, 11) is 0. The molecular formula is C21H23F3N2O4. The van der Waals surface area contributed by atoms with Gasteiger partial charge in [0.2, 0.25) is 0 Å². The Labute approximate surface area is 172 Å². The molecule has 162 valence electrons. The van der Waals surface area contributed by atoms with E-state index in [0.29, 0.717) is 43.6 Å². The third-order valence-corrected chi connectivity index (χ3v) is 5.04. The van der Waals surface area contributed by atoms with E-state index in [2.05, 4.69) is 4.98 Å². The molecule has 0 radical (unpaired) electrons. The van der Waals surface area contributed by atoms with Gasteiger partial charge in [0.15, 0.2) is 0 Å². The average Bonchev–Trinajstić information content (AvgIpc) is 2.72. The maximum atomic E-state index is 13.4. The van der Waals surface area contributed by atoms with Gasteiger partial charge in [-0.25, -0.2) is 9.78 Å². The zero-order valence-electron chi connectivity index (χ0n) is 16.8. The molecule has 0 spiro atoms. The number of pyridine rings is 1. The van der Waals surface area contributed by atoms with Gasteiger partial charge in [-0.2, -0.15) is 13.2 Å². The van der Waals surface area contributed by atoms with Crippen molar-refractivity contribution in [2.45, 2.75) is 32.9 Å². The first-order valence-corrected chi connectivity index (χ1v) is 9.85. The van der Waals surface area contributed by atoms with Crippen LogP contribution in [0.1, 0.15) is 42.7 Å². The molecule has 2 heterocycles. The number of alkyl halides is 3. The third kappa shape index (κ3) is 4.66. The van der Waals surface area contributed by atoms with Crippen LogP contribution in [-0.4, -0.2) is 43.2 Å². The highest BCUT2D eigenvalue weighted by molar-refractivity contribution is 5.99. The highest BCUT2D eigenvalue weighted by atomic mass is 19.4. The van der Waals surface area contributed by atoms with E-state index in [1.807, 2.05) is 0 Å². The van der Waals surface area contributed by atoms with E-state index in [4.69, 9.17) is 9.47 Å². The predicted octanol–water partition coefficient (Wildman–Crippen LogP) is 4.21. The van der Waals surface area contributed by atoms with Crippen molar-refractivity contribution in [2.24, 2.45) is 5.92 Å². The van der Waals surface area contributed by atoms with Crippen LogP contribution in [0.3, 0.4) is 0 Å². The second-order valence-electron chi connectivity index (χ2n) is 6.99. The van der Waals surface area contributed by atoms with Crippen LogP contribution in [0.4, 0.5) is 18.9 Å². The van der Waals surface area contributed by atoms with Gasteiger partial charge in [0.25, 0.3) is 0 Å². The van der Waals surface area contributed by atoms with Gasteiger partial charge in [-0.1, -0.05) is 0 Å². The summed E-state index contributed by atoms with van der Waals surface area (Å²) >= 11 is 0. The molecule has 9 heteroatoms. The Morgan fingerprint density at radius 3 is 2.37 bits per heavy atom. The van der Waals surface area contributed by atoms with Gasteiger partial charge >= 0.3 is 18.1 Å². The van der Waals surface area contributed by atoms with Crippen LogP contribution in [-0.2, 0) is 20.4 Å². The first-order valence-electron chi connectivity index (χ1n) is 9.85. The second kappa shape index (κ2) is 8.89. The van der Waals surface area contributed by atoms with E-state index in [1.54, 1.807) is 18.7 Å². The van der Waals surface area contributed by atoms with Crippen molar-refractivity contribution in [3.05, 3.63) is 35.5 Å². The number of fused-ring (bicyclic) bond motifs is 1. The highest BCUT2D eigenvalue weighted by Crippen LogP contribution is 2.36. The number of carbonyl (C=O) groups is 2. The van der Waals surface area contributed by atoms with E-state index >= 15 is 0 Å². The number of ether oxygens (including phenoxy) is 2. The molecule has 0 amide bonds. The van der Waals surface area contributed by atoms with Crippen molar-refractivity contribution in [3.63, 3.8) is 0 Å². The normalized spacial score (nSPS) is 15.3.